The number of ether oxygens (including phenoxy) is 12. The van der Waals surface area contributed by atoms with Crippen molar-refractivity contribution in [2.45, 2.75) is 133 Å². The van der Waals surface area contributed by atoms with Crippen molar-refractivity contribution in [2.75, 3.05) is 52.9 Å². The second-order valence-electron chi connectivity index (χ2n) is 13.4. The molecule has 0 heterocycles. The SMILES string of the molecule is CCOC(OCC)Oc1ccc(CC2CCC(C(C)(C)c3ccc(OC(OCC)OCC)c(OC(OCC)OCC)c3)CC2)cc1OC(OCC)OCC. The molecule has 12 nitrogen and oxygen atoms in total. The molecule has 1 fully saturated rings. The molecule has 12 heteroatoms. The van der Waals surface area contributed by atoms with Gasteiger partial charge in [0.15, 0.2) is 23.0 Å². The minimum Gasteiger partial charge on any atom is -0.437 e. The second-order valence-corrected chi connectivity index (χ2v) is 13.4. The van der Waals surface area contributed by atoms with E-state index in [1.807, 2.05) is 79.7 Å². The van der Waals surface area contributed by atoms with Crippen molar-refractivity contribution in [1.82, 2.24) is 0 Å². The van der Waals surface area contributed by atoms with Crippen LogP contribution >= 0.6 is 0 Å². The van der Waals surface area contributed by atoms with Gasteiger partial charge in [-0.25, -0.2) is 0 Å². The van der Waals surface area contributed by atoms with Crippen LogP contribution in [-0.2, 0) is 49.7 Å². The maximum atomic E-state index is 6.28. The summed E-state index contributed by atoms with van der Waals surface area (Å²) in [5.41, 5.74) is 2.17. The summed E-state index contributed by atoms with van der Waals surface area (Å²) in [5.74, 6) is 3.02. The number of benzene rings is 2. The van der Waals surface area contributed by atoms with Crippen molar-refractivity contribution in [3.05, 3.63) is 47.5 Å². The van der Waals surface area contributed by atoms with Crippen LogP contribution < -0.4 is 18.9 Å². The molecular weight excluding hydrogens is 696 g/mol. The van der Waals surface area contributed by atoms with Crippen molar-refractivity contribution in [2.24, 2.45) is 11.8 Å². The summed E-state index contributed by atoms with van der Waals surface area (Å²) in [4.78, 5) is 0. The molecular formula is C42H68O12. The van der Waals surface area contributed by atoms with Crippen LogP contribution in [-0.4, -0.2) is 78.8 Å². The summed E-state index contributed by atoms with van der Waals surface area (Å²) < 4.78 is 70.2. The van der Waals surface area contributed by atoms with Crippen LogP contribution in [0, 0.1) is 11.8 Å². The molecule has 0 aliphatic heterocycles. The zero-order valence-electron chi connectivity index (χ0n) is 34.5. The monoisotopic (exact) mass is 764 g/mol. The first kappa shape index (κ1) is 45.7. The van der Waals surface area contributed by atoms with Crippen LogP contribution in [0.1, 0.15) is 106 Å². The third-order valence-electron chi connectivity index (χ3n) is 9.40. The van der Waals surface area contributed by atoms with E-state index in [0.29, 0.717) is 87.7 Å². The Labute approximate surface area is 324 Å². The Hall–Kier alpha value is -2.68. The van der Waals surface area contributed by atoms with Gasteiger partial charge in [-0.2, -0.15) is 0 Å². The van der Waals surface area contributed by atoms with Gasteiger partial charge in [-0.05, 0) is 140 Å². The highest BCUT2D eigenvalue weighted by Gasteiger charge is 2.36. The number of hydrogen-bond acceptors (Lipinski definition) is 12. The van der Waals surface area contributed by atoms with Gasteiger partial charge in [0.05, 0.1) is 52.9 Å². The average Bonchev–Trinajstić information content (AvgIpc) is 3.14. The van der Waals surface area contributed by atoms with Gasteiger partial charge in [-0.15, -0.1) is 0 Å². The Morgan fingerprint density at radius 2 is 0.815 bits per heavy atom. The van der Waals surface area contributed by atoms with E-state index in [0.717, 1.165) is 43.2 Å². The number of rotatable bonds is 28. The Morgan fingerprint density at radius 3 is 1.20 bits per heavy atom. The molecule has 0 aromatic heterocycles. The highest BCUT2D eigenvalue weighted by Crippen LogP contribution is 2.45. The summed E-state index contributed by atoms with van der Waals surface area (Å²) in [7, 11) is 0. The molecule has 1 aliphatic carbocycles. The van der Waals surface area contributed by atoms with Crippen LogP contribution in [0.4, 0.5) is 0 Å². The van der Waals surface area contributed by atoms with Gasteiger partial charge < -0.3 is 56.8 Å². The topological polar surface area (TPSA) is 111 Å². The standard InChI is InChI=1S/C42H68O12/c1-11-43-38(44-12-2)51-34-25-21-31(28-36(34)53-40(47-15-5)48-16-6)27-30-19-22-32(23-20-30)42(9,10)33-24-26-35(52-39(45-13-3)46-14-4)37(29-33)54-41(49-17-7)50-18-8/h21,24-26,28-30,32,38-41H,11-20,22-23,27H2,1-10H3. The van der Waals surface area contributed by atoms with E-state index in [9.17, 15) is 0 Å². The molecule has 1 aliphatic rings. The van der Waals surface area contributed by atoms with Gasteiger partial charge in [-0.3, -0.25) is 0 Å². The van der Waals surface area contributed by atoms with Crippen molar-refractivity contribution in [3.63, 3.8) is 0 Å². The fourth-order valence-corrected chi connectivity index (χ4v) is 6.59. The van der Waals surface area contributed by atoms with Gasteiger partial charge in [-0.1, -0.05) is 26.0 Å². The van der Waals surface area contributed by atoms with E-state index in [1.54, 1.807) is 0 Å². The molecule has 54 heavy (non-hydrogen) atoms. The fourth-order valence-electron chi connectivity index (χ4n) is 6.59. The summed E-state index contributed by atoms with van der Waals surface area (Å²) in [6.07, 6.45) is 5.31. The molecule has 0 bridgehead atoms. The van der Waals surface area contributed by atoms with Crippen molar-refractivity contribution in [3.8, 4) is 23.0 Å². The van der Waals surface area contributed by atoms with E-state index in [-0.39, 0.29) is 5.41 Å². The molecule has 1 saturated carbocycles. The lowest BCUT2D eigenvalue weighted by molar-refractivity contribution is -0.252. The van der Waals surface area contributed by atoms with Crippen molar-refractivity contribution < 1.29 is 56.8 Å². The van der Waals surface area contributed by atoms with E-state index in [1.165, 1.54) is 0 Å². The molecule has 0 unspecified atom stereocenters. The van der Waals surface area contributed by atoms with Gasteiger partial charge in [0, 0.05) is 0 Å². The van der Waals surface area contributed by atoms with Gasteiger partial charge >= 0.3 is 25.9 Å². The molecule has 2 aromatic carbocycles. The highest BCUT2D eigenvalue weighted by molar-refractivity contribution is 5.46. The molecule has 0 amide bonds. The van der Waals surface area contributed by atoms with E-state index >= 15 is 0 Å². The largest absolute Gasteiger partial charge is 0.437 e. The Morgan fingerprint density at radius 1 is 0.463 bits per heavy atom. The normalized spacial score (nSPS) is 16.5. The van der Waals surface area contributed by atoms with Crippen LogP contribution in [0.25, 0.3) is 0 Å². The van der Waals surface area contributed by atoms with E-state index < -0.39 is 25.9 Å². The van der Waals surface area contributed by atoms with Crippen LogP contribution in [0.2, 0.25) is 0 Å². The summed E-state index contributed by atoms with van der Waals surface area (Å²) >= 11 is 0. The highest BCUT2D eigenvalue weighted by atomic mass is 16.9. The first-order chi connectivity index (χ1) is 26.1. The lowest BCUT2D eigenvalue weighted by Crippen LogP contribution is -2.33. The summed E-state index contributed by atoms with van der Waals surface area (Å²) in [6, 6.07) is 12.1. The predicted molar refractivity (Wildman–Crippen MR) is 206 cm³/mol. The minimum atomic E-state index is -0.875. The zero-order valence-corrected chi connectivity index (χ0v) is 34.5. The van der Waals surface area contributed by atoms with Crippen LogP contribution in [0.15, 0.2) is 36.4 Å². The molecule has 3 rings (SSSR count). The summed E-state index contributed by atoms with van der Waals surface area (Å²) in [5, 5.41) is 0. The van der Waals surface area contributed by atoms with Gasteiger partial charge in [0.2, 0.25) is 0 Å². The molecule has 0 saturated heterocycles. The zero-order chi connectivity index (χ0) is 39.3. The molecule has 0 spiro atoms. The fraction of sp³-hybridized carbons (Fsp3) is 0.714. The maximum Gasteiger partial charge on any atom is 0.316 e. The Balaban J connectivity index is 1.79. The quantitative estimate of drug-likeness (QED) is 0.0772. The van der Waals surface area contributed by atoms with Crippen LogP contribution in [0.3, 0.4) is 0 Å². The van der Waals surface area contributed by atoms with Crippen molar-refractivity contribution in [1.29, 1.82) is 0 Å². The first-order valence-corrected chi connectivity index (χ1v) is 20.0. The van der Waals surface area contributed by atoms with E-state index in [4.69, 9.17) is 56.8 Å². The maximum absolute atomic E-state index is 6.28. The smallest absolute Gasteiger partial charge is 0.316 e. The molecule has 0 atom stereocenters. The second kappa shape index (κ2) is 24.8. The van der Waals surface area contributed by atoms with Gasteiger partial charge in [0.25, 0.3) is 0 Å². The lowest BCUT2D eigenvalue weighted by atomic mass is 9.65. The third-order valence-corrected chi connectivity index (χ3v) is 9.40. The molecule has 0 radical (unpaired) electrons. The van der Waals surface area contributed by atoms with Crippen LogP contribution in [0.5, 0.6) is 23.0 Å². The average molecular weight is 765 g/mol. The molecule has 2 aromatic rings. The third kappa shape index (κ3) is 14.4. The molecule has 308 valence electrons. The number of hydrogen-bond donors (Lipinski definition) is 0. The predicted octanol–water partition coefficient (Wildman–Crippen LogP) is 8.95. The lowest BCUT2D eigenvalue weighted by Gasteiger charge is -2.40. The molecule has 0 N–H and O–H groups in total. The summed E-state index contributed by atoms with van der Waals surface area (Å²) in [6.45, 7) is 19.9. The van der Waals surface area contributed by atoms with Gasteiger partial charge in [0.1, 0.15) is 0 Å². The Bertz CT molecular complexity index is 1270. The van der Waals surface area contributed by atoms with E-state index in [2.05, 4.69) is 26.0 Å². The first-order valence-electron chi connectivity index (χ1n) is 20.0. The Kier molecular flexibility index (Phi) is 21.0. The minimum absolute atomic E-state index is 0.140. The van der Waals surface area contributed by atoms with Crippen molar-refractivity contribution >= 4 is 0 Å².